The van der Waals surface area contributed by atoms with Gasteiger partial charge in [-0.3, -0.25) is 0 Å². The van der Waals surface area contributed by atoms with Gasteiger partial charge in [-0.15, -0.1) is 0 Å². The van der Waals surface area contributed by atoms with Crippen LogP contribution in [0.15, 0.2) is 40.7 Å². The summed E-state index contributed by atoms with van der Waals surface area (Å²) < 4.78 is 0. The second-order valence-electron chi connectivity index (χ2n) is 2.58. The standard InChI is InChI=1S/C8H12N6O/c9-11-7-14(15-13-10)12-6-8-4-2-1-3-5-8/h1-5,7,10,12H,6,9H2/b11-7+,13-10?. The molecular formula is C8H12N6O. The van der Waals surface area contributed by atoms with Gasteiger partial charge >= 0.3 is 0 Å². The Kier molecular flexibility index (Phi) is 4.61. The normalized spacial score (nSPS) is 10.1. The molecule has 0 radical (unpaired) electrons. The molecule has 0 amide bonds. The zero-order chi connectivity index (χ0) is 10.9. The fourth-order valence-corrected chi connectivity index (χ4v) is 0.960. The SMILES string of the molecule is N=NON(/C=N/N)NCc1ccccc1. The van der Waals surface area contributed by atoms with Gasteiger partial charge < -0.3 is 5.84 Å². The molecule has 4 N–H and O–H groups in total. The lowest BCUT2D eigenvalue weighted by Gasteiger charge is -2.14. The Morgan fingerprint density at radius 2 is 2.20 bits per heavy atom. The van der Waals surface area contributed by atoms with E-state index in [0.29, 0.717) is 6.54 Å². The second-order valence-corrected chi connectivity index (χ2v) is 2.58. The van der Waals surface area contributed by atoms with Crippen molar-refractivity contribution in [1.29, 1.82) is 5.53 Å². The van der Waals surface area contributed by atoms with E-state index in [2.05, 4.69) is 20.7 Å². The van der Waals surface area contributed by atoms with Crippen molar-refractivity contribution >= 4 is 6.34 Å². The van der Waals surface area contributed by atoms with Gasteiger partial charge in [0.1, 0.15) is 0 Å². The van der Waals surface area contributed by atoms with Gasteiger partial charge in [0.2, 0.25) is 0 Å². The molecule has 0 unspecified atom stereocenters. The lowest BCUT2D eigenvalue weighted by molar-refractivity contribution is -0.145. The fraction of sp³-hybridized carbons (Fsp3) is 0.125. The number of nitrogens with two attached hydrogens (primary N) is 1. The highest BCUT2D eigenvalue weighted by Gasteiger charge is 1.99. The summed E-state index contributed by atoms with van der Waals surface area (Å²) in [6, 6.07) is 9.67. The smallest absolute Gasteiger partial charge is 0.168 e. The zero-order valence-corrected chi connectivity index (χ0v) is 8.00. The average Bonchev–Trinajstić information content (AvgIpc) is 2.28. The highest BCUT2D eigenvalue weighted by molar-refractivity contribution is 5.51. The average molecular weight is 208 g/mol. The number of hydrazone groups is 1. The summed E-state index contributed by atoms with van der Waals surface area (Å²) in [5, 5.41) is 7.01. The summed E-state index contributed by atoms with van der Waals surface area (Å²) >= 11 is 0. The Bertz CT molecular complexity index is 314. The van der Waals surface area contributed by atoms with Gasteiger partial charge in [0.25, 0.3) is 0 Å². The third-order valence-corrected chi connectivity index (χ3v) is 1.58. The molecule has 0 aliphatic rings. The van der Waals surface area contributed by atoms with Gasteiger partial charge in [0, 0.05) is 11.8 Å². The van der Waals surface area contributed by atoms with Crippen LogP contribution in [0.4, 0.5) is 0 Å². The topological polar surface area (TPSA) is 99.1 Å². The van der Waals surface area contributed by atoms with E-state index < -0.39 is 0 Å². The summed E-state index contributed by atoms with van der Waals surface area (Å²) in [5.74, 6) is 4.93. The molecule has 0 aromatic heterocycles. The van der Waals surface area contributed by atoms with E-state index >= 15 is 0 Å². The van der Waals surface area contributed by atoms with Gasteiger partial charge in [-0.05, 0) is 5.56 Å². The van der Waals surface area contributed by atoms with E-state index in [0.717, 1.165) is 10.7 Å². The van der Waals surface area contributed by atoms with Crippen molar-refractivity contribution < 1.29 is 4.94 Å². The molecule has 0 spiro atoms. The number of nitrogens with zero attached hydrogens (tertiary/aromatic N) is 3. The van der Waals surface area contributed by atoms with E-state index in [1.165, 1.54) is 6.34 Å². The Morgan fingerprint density at radius 3 is 2.80 bits per heavy atom. The van der Waals surface area contributed by atoms with Crippen molar-refractivity contribution in [1.82, 2.24) is 10.6 Å². The Hall–Kier alpha value is -2.15. The number of rotatable bonds is 6. The molecule has 0 saturated carbocycles. The summed E-state index contributed by atoms with van der Waals surface area (Å²) in [5.41, 5.74) is 10.4. The lowest BCUT2D eigenvalue weighted by atomic mass is 10.2. The van der Waals surface area contributed by atoms with Crippen molar-refractivity contribution in [2.24, 2.45) is 16.2 Å². The molecule has 7 heteroatoms. The summed E-state index contributed by atoms with van der Waals surface area (Å²) in [7, 11) is 0. The van der Waals surface area contributed by atoms with E-state index in [1.807, 2.05) is 30.3 Å². The van der Waals surface area contributed by atoms with E-state index in [4.69, 9.17) is 11.4 Å². The van der Waals surface area contributed by atoms with Gasteiger partial charge in [-0.2, -0.15) is 16.1 Å². The fourth-order valence-electron chi connectivity index (χ4n) is 0.960. The minimum atomic E-state index is 0.516. The summed E-state index contributed by atoms with van der Waals surface area (Å²) in [6.07, 6.45) is 1.17. The van der Waals surface area contributed by atoms with Crippen molar-refractivity contribution in [3.63, 3.8) is 0 Å². The molecule has 0 fully saturated rings. The van der Waals surface area contributed by atoms with Crippen LogP contribution in [0.2, 0.25) is 0 Å². The predicted octanol–water partition coefficient (Wildman–Crippen LogP) is 0.773. The molecule has 15 heavy (non-hydrogen) atoms. The quantitative estimate of drug-likeness (QED) is 0.211. The molecule has 0 bridgehead atoms. The first-order valence-electron chi connectivity index (χ1n) is 4.20. The molecule has 1 aromatic carbocycles. The van der Waals surface area contributed by atoms with Gasteiger partial charge in [-0.25, -0.2) is 4.94 Å². The molecule has 80 valence electrons. The molecule has 0 heterocycles. The van der Waals surface area contributed by atoms with Crippen LogP contribution in [0.1, 0.15) is 5.56 Å². The van der Waals surface area contributed by atoms with Crippen LogP contribution in [0, 0.1) is 5.53 Å². The van der Waals surface area contributed by atoms with E-state index in [1.54, 1.807) is 0 Å². The lowest BCUT2D eigenvalue weighted by Crippen LogP contribution is -2.35. The highest BCUT2D eigenvalue weighted by Crippen LogP contribution is 1.97. The first-order chi connectivity index (χ1) is 7.36. The minimum Gasteiger partial charge on any atom is -0.322 e. The Balaban J connectivity index is 2.43. The second kappa shape index (κ2) is 6.33. The van der Waals surface area contributed by atoms with Crippen LogP contribution in [0.3, 0.4) is 0 Å². The zero-order valence-electron chi connectivity index (χ0n) is 8.00. The molecular weight excluding hydrogens is 196 g/mol. The summed E-state index contributed by atoms with van der Waals surface area (Å²) in [4.78, 5) is 4.49. The molecule has 0 saturated heterocycles. The van der Waals surface area contributed by atoms with Crippen molar-refractivity contribution in [3.05, 3.63) is 35.9 Å². The maximum Gasteiger partial charge on any atom is 0.168 e. The monoisotopic (exact) mass is 208 g/mol. The van der Waals surface area contributed by atoms with E-state index in [-0.39, 0.29) is 0 Å². The maximum absolute atomic E-state index is 6.51. The van der Waals surface area contributed by atoms with Crippen LogP contribution in [0.5, 0.6) is 0 Å². The Labute approximate surface area is 86.9 Å². The first kappa shape index (κ1) is 10.9. The van der Waals surface area contributed by atoms with Crippen LogP contribution < -0.4 is 11.3 Å². The van der Waals surface area contributed by atoms with Crippen LogP contribution in [-0.2, 0) is 11.5 Å². The van der Waals surface area contributed by atoms with Gasteiger partial charge in [0.15, 0.2) is 6.34 Å². The number of hydrazine groups is 1. The van der Waals surface area contributed by atoms with Crippen LogP contribution >= 0.6 is 0 Å². The number of hydrogen-bond acceptors (Lipinski definition) is 6. The molecule has 1 aromatic rings. The highest BCUT2D eigenvalue weighted by atomic mass is 16.8. The summed E-state index contributed by atoms with van der Waals surface area (Å²) in [6.45, 7) is 0.516. The van der Waals surface area contributed by atoms with Crippen molar-refractivity contribution in [2.75, 3.05) is 0 Å². The first-order valence-corrected chi connectivity index (χ1v) is 4.20. The van der Waals surface area contributed by atoms with E-state index in [9.17, 15) is 0 Å². The number of hydroxylamine groups is 1. The van der Waals surface area contributed by atoms with Crippen LogP contribution in [0.25, 0.3) is 0 Å². The molecule has 7 nitrogen and oxygen atoms in total. The number of nitrogens with one attached hydrogen (secondary N) is 2. The maximum atomic E-state index is 6.51. The number of hydrogen-bond donors (Lipinski definition) is 3. The molecule has 1 rings (SSSR count). The van der Waals surface area contributed by atoms with Gasteiger partial charge in [-0.1, -0.05) is 35.5 Å². The predicted molar refractivity (Wildman–Crippen MR) is 54.0 cm³/mol. The third kappa shape index (κ3) is 4.05. The Morgan fingerprint density at radius 1 is 1.47 bits per heavy atom. The largest absolute Gasteiger partial charge is 0.322 e. The molecule has 0 aliphatic carbocycles. The molecule has 0 atom stereocenters. The van der Waals surface area contributed by atoms with Gasteiger partial charge in [0.05, 0.1) is 0 Å². The van der Waals surface area contributed by atoms with Crippen molar-refractivity contribution in [3.8, 4) is 0 Å². The minimum absolute atomic E-state index is 0.516. The number of benzene rings is 1. The third-order valence-electron chi connectivity index (χ3n) is 1.58. The van der Waals surface area contributed by atoms with Crippen molar-refractivity contribution in [2.45, 2.75) is 6.54 Å². The van der Waals surface area contributed by atoms with Crippen LogP contribution in [-0.4, -0.2) is 11.5 Å². The molecule has 0 aliphatic heterocycles.